The molecule has 0 saturated heterocycles. The molecule has 0 bridgehead atoms. The van der Waals surface area contributed by atoms with E-state index < -0.39 is 18.1 Å². The molecule has 0 aliphatic carbocycles. The Hall–Kier alpha value is -7.31. The van der Waals surface area contributed by atoms with Gasteiger partial charge in [-0.1, -0.05) is 171 Å². The molecule has 65 heavy (non-hydrogen) atoms. The molecule has 322 valence electrons. The third-order valence-electron chi connectivity index (χ3n) is 12.2. The van der Waals surface area contributed by atoms with Crippen molar-refractivity contribution in [3.8, 4) is 51.1 Å². The number of rotatable bonds is 7. The van der Waals surface area contributed by atoms with Gasteiger partial charge in [-0.15, -0.1) is 0 Å². The zero-order valence-electron chi connectivity index (χ0n) is 43.4. The first-order valence-electron chi connectivity index (χ1n) is 24.7. The summed E-state index contributed by atoms with van der Waals surface area (Å²) in [5.41, 5.74) is 9.55. The molecule has 0 aliphatic heterocycles. The second-order valence-corrected chi connectivity index (χ2v) is 19.9. The van der Waals surface area contributed by atoms with Crippen molar-refractivity contribution in [3.63, 3.8) is 0 Å². The molecule has 0 radical (unpaired) electrons. The summed E-state index contributed by atoms with van der Waals surface area (Å²) in [7, 11) is 0. The summed E-state index contributed by atoms with van der Waals surface area (Å²) in [6.07, 6.45) is 7.23. The van der Waals surface area contributed by atoms with Crippen molar-refractivity contribution >= 4 is 32.8 Å². The zero-order valence-corrected chi connectivity index (χ0v) is 38.4. The minimum absolute atomic E-state index is 0.0598. The lowest BCUT2D eigenvalue weighted by molar-refractivity contribution is -0.571. The van der Waals surface area contributed by atoms with Gasteiger partial charge in [-0.25, -0.2) is 4.98 Å². The van der Waals surface area contributed by atoms with Crippen molar-refractivity contribution in [1.82, 2.24) is 19.1 Å². The highest BCUT2D eigenvalue weighted by molar-refractivity contribution is 6.09. The average molecular weight is 855 g/mol. The fourth-order valence-electron chi connectivity index (χ4n) is 8.64. The third-order valence-corrected chi connectivity index (χ3v) is 12.2. The molecule has 0 fully saturated rings. The summed E-state index contributed by atoms with van der Waals surface area (Å²) < 4.78 is 57.0. The minimum Gasteiger partial charge on any atom is -0.458 e. The van der Waals surface area contributed by atoms with Crippen molar-refractivity contribution in [2.75, 3.05) is 0 Å². The Morgan fingerprint density at radius 1 is 0.523 bits per heavy atom. The Balaban J connectivity index is 1.15. The standard InChI is InChI=1S/C59H55N5O/c1-57(2,3)41-28-30-61-55(35-41)64-50-23-14-13-20-48(50)49-27-26-44(36-53(49)64)65-45-29-31-60-54(37-45)62-38-63(52-25-16-15-24-51(52)62)56-46(39-18-11-10-12-19-39)21-17-22-47(56)40-32-42(58(4,5)6)34-43(33-40)59(7,8)9/h10-37H,1-9H3/i10D,11D,12D,18D,19D. The molecule has 10 aromatic rings. The van der Waals surface area contributed by atoms with Gasteiger partial charge in [0.1, 0.15) is 17.3 Å². The van der Waals surface area contributed by atoms with Crippen LogP contribution in [-0.2, 0) is 16.2 Å². The Morgan fingerprint density at radius 3 is 1.86 bits per heavy atom. The van der Waals surface area contributed by atoms with Crippen molar-refractivity contribution in [2.45, 2.75) is 78.6 Å². The number of nitrogens with zero attached hydrogens (tertiary/aromatic N) is 5. The molecule has 6 aromatic carbocycles. The van der Waals surface area contributed by atoms with Crippen LogP contribution in [0.2, 0.25) is 0 Å². The van der Waals surface area contributed by atoms with Crippen LogP contribution in [0.3, 0.4) is 0 Å². The van der Waals surface area contributed by atoms with Crippen molar-refractivity contribution in [1.29, 1.82) is 0 Å². The molecule has 0 N–H and O–H groups in total. The van der Waals surface area contributed by atoms with Crippen molar-refractivity contribution in [2.24, 2.45) is 0 Å². The fourth-order valence-corrected chi connectivity index (χ4v) is 8.64. The van der Waals surface area contributed by atoms with E-state index in [0.29, 0.717) is 28.6 Å². The van der Waals surface area contributed by atoms with E-state index in [2.05, 4.69) is 140 Å². The number of ether oxygens (including phenoxy) is 1. The maximum absolute atomic E-state index is 9.19. The highest BCUT2D eigenvalue weighted by Crippen LogP contribution is 2.40. The quantitative estimate of drug-likeness (QED) is 0.119. The summed E-state index contributed by atoms with van der Waals surface area (Å²) in [6, 6.07) is 41.0. The van der Waals surface area contributed by atoms with E-state index in [1.54, 1.807) is 6.20 Å². The predicted octanol–water partition coefficient (Wildman–Crippen LogP) is 14.6. The molecule has 6 heteroatoms. The van der Waals surface area contributed by atoms with Crippen molar-refractivity contribution in [3.05, 3.63) is 193 Å². The van der Waals surface area contributed by atoms with E-state index >= 15 is 0 Å². The van der Waals surface area contributed by atoms with Crippen LogP contribution in [0.4, 0.5) is 0 Å². The number of aromatic nitrogens is 5. The molecular weight excluding hydrogens is 795 g/mol. The lowest BCUT2D eigenvalue weighted by atomic mass is 9.78. The first kappa shape index (κ1) is 36.1. The smallest absolute Gasteiger partial charge is 0.271 e. The maximum Gasteiger partial charge on any atom is 0.271 e. The van der Waals surface area contributed by atoms with E-state index in [9.17, 15) is 2.74 Å². The second-order valence-electron chi connectivity index (χ2n) is 19.9. The summed E-state index contributed by atoms with van der Waals surface area (Å²) in [4.78, 5) is 9.72. The van der Waals surface area contributed by atoms with E-state index in [1.165, 1.54) is 5.56 Å². The Kier molecular flexibility index (Phi) is 8.74. The van der Waals surface area contributed by atoms with Gasteiger partial charge in [0, 0.05) is 35.3 Å². The van der Waals surface area contributed by atoms with Gasteiger partial charge >= 0.3 is 0 Å². The molecule has 10 rings (SSSR count). The Bertz CT molecular complexity index is 3660. The number of benzene rings is 6. The van der Waals surface area contributed by atoms with Crippen LogP contribution < -0.4 is 9.30 Å². The molecule has 0 atom stereocenters. The van der Waals surface area contributed by atoms with E-state index in [4.69, 9.17) is 18.8 Å². The van der Waals surface area contributed by atoms with Gasteiger partial charge in [0.15, 0.2) is 5.82 Å². The third kappa shape index (κ3) is 7.77. The minimum atomic E-state index is -0.446. The Labute approximate surface area is 389 Å². The van der Waals surface area contributed by atoms with Crippen LogP contribution in [0.25, 0.3) is 72.4 Å². The van der Waals surface area contributed by atoms with Gasteiger partial charge in [-0.2, -0.15) is 0 Å². The number of para-hydroxylation sites is 4. The first-order valence-corrected chi connectivity index (χ1v) is 22.2. The van der Waals surface area contributed by atoms with Crippen LogP contribution in [-0.4, -0.2) is 19.1 Å². The van der Waals surface area contributed by atoms with Gasteiger partial charge in [-0.3, -0.25) is 18.7 Å². The molecule has 4 aromatic heterocycles. The summed E-state index contributed by atoms with van der Waals surface area (Å²) in [6.45, 7) is 19.8. The van der Waals surface area contributed by atoms with E-state index in [-0.39, 0.29) is 33.9 Å². The van der Waals surface area contributed by atoms with Crippen LogP contribution >= 0.6 is 0 Å². The topological polar surface area (TPSA) is 48.8 Å². The normalized spacial score (nSPS) is 13.5. The van der Waals surface area contributed by atoms with Gasteiger partial charge in [0.25, 0.3) is 6.33 Å². The van der Waals surface area contributed by atoms with Crippen LogP contribution in [0.15, 0.2) is 170 Å². The van der Waals surface area contributed by atoms with Crippen LogP contribution in [0, 0.1) is 6.33 Å². The van der Waals surface area contributed by atoms with Crippen LogP contribution in [0.1, 0.15) is 85.9 Å². The summed E-state index contributed by atoms with van der Waals surface area (Å²) in [5.74, 6) is 2.57. The number of pyridine rings is 2. The fraction of sp³-hybridized carbons (Fsp3) is 0.203. The lowest BCUT2D eigenvalue weighted by Crippen LogP contribution is -2.31. The monoisotopic (exact) mass is 854 g/mol. The van der Waals surface area contributed by atoms with Gasteiger partial charge in [0.05, 0.1) is 34.6 Å². The van der Waals surface area contributed by atoms with Gasteiger partial charge in [0.2, 0.25) is 0 Å². The van der Waals surface area contributed by atoms with E-state index in [0.717, 1.165) is 60.9 Å². The second kappa shape index (κ2) is 15.7. The number of hydrogen-bond donors (Lipinski definition) is 0. The summed E-state index contributed by atoms with van der Waals surface area (Å²) >= 11 is 0. The number of imidazole rings is 1. The molecule has 4 heterocycles. The van der Waals surface area contributed by atoms with Crippen molar-refractivity contribution < 1.29 is 16.2 Å². The Morgan fingerprint density at radius 2 is 1.14 bits per heavy atom. The molecule has 0 saturated carbocycles. The summed E-state index contributed by atoms with van der Waals surface area (Å²) in [5, 5.41) is 2.21. The molecule has 0 amide bonds. The lowest BCUT2D eigenvalue weighted by Gasteiger charge is -2.27. The van der Waals surface area contributed by atoms with Gasteiger partial charge in [-0.05, 0) is 91.6 Å². The molecule has 6 nitrogen and oxygen atoms in total. The molecular formula is C59H55N5O. The highest BCUT2D eigenvalue weighted by Gasteiger charge is 2.25. The largest absolute Gasteiger partial charge is 0.458 e. The maximum atomic E-state index is 9.19. The average Bonchev–Trinajstić information content (AvgIpc) is 3.88. The molecule has 0 unspecified atom stereocenters. The number of hydrogen-bond acceptors (Lipinski definition) is 3. The zero-order chi connectivity index (χ0) is 49.6. The predicted molar refractivity (Wildman–Crippen MR) is 267 cm³/mol. The SMILES string of the molecule is [2H]c1c([2H])c([2H])c(-c2cccc(-c3cc(C(C)(C)C)cc(C(C)(C)C)c3)c2-[n+]2[c-]n(-c3cc(Oc4ccc5c6ccccc6n(-c6cc(C(C)(C)C)ccn6)c5c4)ccn3)c3ccccc32)c([2H])c1[2H]. The van der Waals surface area contributed by atoms with E-state index in [1.807, 2.05) is 76.0 Å². The van der Waals surface area contributed by atoms with Gasteiger partial charge < -0.3 is 4.74 Å². The highest BCUT2D eigenvalue weighted by atomic mass is 16.5. The van der Waals surface area contributed by atoms with Crippen LogP contribution in [0.5, 0.6) is 11.5 Å². The number of fused-ring (bicyclic) bond motifs is 4. The molecule has 0 spiro atoms. The first-order chi connectivity index (χ1) is 33.2. The molecule has 0 aliphatic rings.